The Morgan fingerprint density at radius 2 is 1.75 bits per heavy atom. The fourth-order valence-corrected chi connectivity index (χ4v) is 5.68. The van der Waals surface area contributed by atoms with Gasteiger partial charge in [-0.05, 0) is 42.5 Å². The molecule has 0 fully saturated rings. The quantitative estimate of drug-likeness (QED) is 0.160. The van der Waals surface area contributed by atoms with Crippen LogP contribution in [0.4, 0.5) is 28.9 Å². The van der Waals surface area contributed by atoms with Crippen molar-refractivity contribution in [1.29, 1.82) is 0 Å². The zero-order valence-corrected chi connectivity index (χ0v) is 25.0. The number of nitrogens with one attached hydrogen (secondary N) is 3. The molecule has 2 aromatic carbocycles. The van der Waals surface area contributed by atoms with Gasteiger partial charge in [-0.3, -0.25) is 14.4 Å². The second-order valence-corrected chi connectivity index (χ2v) is 12.9. The molecule has 2 aromatic heterocycles. The number of halogens is 5. The Labute approximate surface area is 256 Å². The monoisotopic (exact) mass is 672 g/mol. The van der Waals surface area contributed by atoms with Gasteiger partial charge >= 0.3 is 6.18 Å². The van der Waals surface area contributed by atoms with Crippen LogP contribution in [0.25, 0.3) is 10.1 Å². The van der Waals surface area contributed by atoms with Crippen molar-refractivity contribution in [3.05, 3.63) is 81.2 Å². The maximum absolute atomic E-state index is 13.8. The smallest absolute Gasteiger partial charge is 0.419 e. The van der Waals surface area contributed by atoms with Gasteiger partial charge in [-0.15, -0.1) is 11.3 Å². The molecular weight excluding hydrogens is 652 g/mol. The minimum atomic E-state index is -5.01. The van der Waals surface area contributed by atoms with E-state index in [0.29, 0.717) is 16.8 Å². The molecule has 0 aliphatic rings. The molecule has 0 radical (unpaired) electrons. The molecule has 0 bridgehead atoms. The van der Waals surface area contributed by atoms with Crippen LogP contribution in [-0.4, -0.2) is 56.8 Å². The summed E-state index contributed by atoms with van der Waals surface area (Å²) >= 11 is 6.84. The average molecular weight is 673 g/mol. The lowest BCUT2D eigenvalue weighted by atomic mass is 10.1. The van der Waals surface area contributed by atoms with E-state index in [9.17, 15) is 40.4 Å². The molecule has 44 heavy (non-hydrogen) atoms. The number of nitrogens with zero attached hydrogens (tertiary/aromatic N) is 1. The summed E-state index contributed by atoms with van der Waals surface area (Å²) in [6.45, 7) is -0.168. The first-order chi connectivity index (χ1) is 20.6. The molecule has 0 saturated heterocycles. The molecule has 0 aliphatic heterocycles. The van der Waals surface area contributed by atoms with E-state index in [1.807, 2.05) is 0 Å². The fraction of sp³-hybridized carbons (Fsp3) is 0.185. The molecule has 3 N–H and O–H groups in total. The number of sulfone groups is 1. The summed E-state index contributed by atoms with van der Waals surface area (Å²) in [4.78, 5) is 43.2. The summed E-state index contributed by atoms with van der Waals surface area (Å²) in [7, 11) is -2.06. The Morgan fingerprint density at radius 1 is 1.02 bits per heavy atom. The number of methoxy groups -OCH3 is 1. The molecular formula is C27H21ClF4N4O6S2. The van der Waals surface area contributed by atoms with E-state index < -0.39 is 45.1 Å². The first kappa shape index (κ1) is 32.6. The summed E-state index contributed by atoms with van der Waals surface area (Å²) in [6.07, 6.45) is -2.72. The van der Waals surface area contributed by atoms with E-state index in [1.165, 1.54) is 37.6 Å². The Morgan fingerprint density at radius 3 is 2.41 bits per heavy atom. The van der Waals surface area contributed by atoms with Gasteiger partial charge in [0.15, 0.2) is 0 Å². The van der Waals surface area contributed by atoms with Crippen molar-refractivity contribution in [3.8, 4) is 5.75 Å². The van der Waals surface area contributed by atoms with Crippen molar-refractivity contribution in [3.63, 3.8) is 0 Å². The number of hydrogen-bond donors (Lipinski definition) is 3. The van der Waals surface area contributed by atoms with Crippen molar-refractivity contribution in [2.75, 3.05) is 36.3 Å². The summed E-state index contributed by atoms with van der Waals surface area (Å²) < 4.78 is 81.8. The van der Waals surface area contributed by atoms with Crippen LogP contribution in [0, 0.1) is 5.82 Å². The van der Waals surface area contributed by atoms with E-state index in [-0.39, 0.29) is 56.0 Å². The third kappa shape index (κ3) is 7.62. The minimum Gasteiger partial charge on any atom is -0.496 e. The summed E-state index contributed by atoms with van der Waals surface area (Å²) in [5, 5.41) is 7.63. The highest BCUT2D eigenvalue weighted by Crippen LogP contribution is 2.38. The van der Waals surface area contributed by atoms with Gasteiger partial charge < -0.3 is 20.7 Å². The molecule has 4 rings (SSSR count). The predicted molar refractivity (Wildman–Crippen MR) is 157 cm³/mol. The molecule has 4 aromatic rings. The highest BCUT2D eigenvalue weighted by atomic mass is 35.5. The van der Waals surface area contributed by atoms with Crippen molar-refractivity contribution >= 4 is 72.0 Å². The standard InChI is InChI=1S/C27H21ClF4N4O6S2/c1-42-19-6-3-13(24(37)33-7-8-44(2,40)41)9-15(19)25(38)36-22-16-12-34-21(28)11-20(16)43-23(22)26(39)35-14-4-5-18(29)17(10-14)27(30,31)32/h3-6,9-12H,7-8H2,1-2H3,(H,33,37)(H,35,39)(H,36,38). The first-order valence-electron chi connectivity index (χ1n) is 12.3. The number of hydrogen-bond acceptors (Lipinski definition) is 8. The second-order valence-electron chi connectivity index (χ2n) is 9.21. The van der Waals surface area contributed by atoms with Gasteiger partial charge in [0.05, 0.1) is 29.7 Å². The van der Waals surface area contributed by atoms with Crippen molar-refractivity contribution < 1.29 is 45.1 Å². The van der Waals surface area contributed by atoms with E-state index >= 15 is 0 Å². The number of fused-ring (bicyclic) bond motifs is 1. The first-order valence-corrected chi connectivity index (χ1v) is 15.5. The number of rotatable bonds is 9. The van der Waals surface area contributed by atoms with Gasteiger partial charge in [-0.25, -0.2) is 17.8 Å². The van der Waals surface area contributed by atoms with Crippen LogP contribution < -0.4 is 20.7 Å². The Hall–Kier alpha value is -4.28. The van der Waals surface area contributed by atoms with Gasteiger partial charge in [-0.2, -0.15) is 13.2 Å². The van der Waals surface area contributed by atoms with Crippen LogP contribution in [-0.2, 0) is 16.0 Å². The molecule has 3 amide bonds. The molecule has 17 heteroatoms. The SMILES string of the molecule is COc1ccc(C(=O)NCCS(C)(=O)=O)cc1C(=O)Nc1c(C(=O)Nc2ccc(F)c(C(F)(F)F)c2)sc2cc(Cl)ncc12. The fourth-order valence-electron chi connectivity index (χ4n) is 3.92. The van der Waals surface area contributed by atoms with Crippen molar-refractivity contribution in [2.45, 2.75) is 6.18 Å². The zero-order chi connectivity index (χ0) is 32.4. The van der Waals surface area contributed by atoms with E-state index in [2.05, 4.69) is 20.9 Å². The number of carbonyl (C=O) groups is 3. The van der Waals surface area contributed by atoms with Crippen LogP contribution in [0.3, 0.4) is 0 Å². The van der Waals surface area contributed by atoms with Crippen LogP contribution in [0.15, 0.2) is 48.7 Å². The molecule has 0 spiro atoms. The average Bonchev–Trinajstić information content (AvgIpc) is 3.29. The third-order valence-corrected chi connectivity index (χ3v) is 8.28. The molecule has 0 aliphatic carbocycles. The normalized spacial score (nSPS) is 11.7. The number of carbonyl (C=O) groups excluding carboxylic acids is 3. The molecule has 232 valence electrons. The predicted octanol–water partition coefficient (Wildman–Crippen LogP) is 5.40. The Bertz CT molecular complexity index is 1900. The van der Waals surface area contributed by atoms with Crippen LogP contribution in [0.5, 0.6) is 5.75 Å². The van der Waals surface area contributed by atoms with Crippen LogP contribution >= 0.6 is 22.9 Å². The topological polar surface area (TPSA) is 144 Å². The lowest BCUT2D eigenvalue weighted by Crippen LogP contribution is -2.29. The van der Waals surface area contributed by atoms with E-state index in [4.69, 9.17) is 16.3 Å². The number of alkyl halides is 3. The lowest BCUT2D eigenvalue weighted by molar-refractivity contribution is -0.139. The van der Waals surface area contributed by atoms with Gasteiger partial charge in [0, 0.05) is 40.3 Å². The second kappa shape index (κ2) is 12.8. The summed E-state index contributed by atoms with van der Waals surface area (Å²) in [6, 6.07) is 7.26. The van der Waals surface area contributed by atoms with Gasteiger partial charge in [-0.1, -0.05) is 11.6 Å². The third-order valence-electron chi connectivity index (χ3n) is 5.98. The number of ether oxygens (including phenoxy) is 1. The summed E-state index contributed by atoms with van der Waals surface area (Å²) in [5.74, 6) is -4.20. The maximum Gasteiger partial charge on any atom is 0.419 e. The largest absolute Gasteiger partial charge is 0.496 e. The molecule has 2 heterocycles. The van der Waals surface area contributed by atoms with Crippen molar-refractivity contribution in [2.24, 2.45) is 0 Å². The van der Waals surface area contributed by atoms with Crippen LogP contribution in [0.1, 0.15) is 36.0 Å². The highest BCUT2D eigenvalue weighted by molar-refractivity contribution is 7.90. The van der Waals surface area contributed by atoms with E-state index in [1.54, 1.807) is 0 Å². The van der Waals surface area contributed by atoms with Gasteiger partial charge in [0.25, 0.3) is 17.7 Å². The number of thiophene rings is 1. The Kier molecular flexibility index (Phi) is 9.46. The number of anilines is 2. The maximum atomic E-state index is 13.8. The molecule has 10 nitrogen and oxygen atoms in total. The Balaban J connectivity index is 1.68. The highest BCUT2D eigenvalue weighted by Gasteiger charge is 2.34. The number of benzene rings is 2. The van der Waals surface area contributed by atoms with E-state index in [0.717, 1.165) is 23.7 Å². The minimum absolute atomic E-state index is 0.00261. The van der Waals surface area contributed by atoms with Crippen LogP contribution in [0.2, 0.25) is 5.15 Å². The number of aromatic nitrogens is 1. The molecule has 0 saturated carbocycles. The number of pyridine rings is 1. The lowest BCUT2D eigenvalue weighted by Gasteiger charge is -2.13. The van der Waals surface area contributed by atoms with Gasteiger partial charge in [0.1, 0.15) is 31.4 Å². The zero-order valence-electron chi connectivity index (χ0n) is 22.6. The van der Waals surface area contributed by atoms with Gasteiger partial charge in [0.2, 0.25) is 0 Å². The number of amides is 3. The van der Waals surface area contributed by atoms with Crippen molar-refractivity contribution in [1.82, 2.24) is 10.3 Å². The molecule has 0 atom stereocenters. The summed E-state index contributed by atoms with van der Waals surface area (Å²) in [5.41, 5.74) is -2.14. The molecule has 0 unspecified atom stereocenters.